The number of nitrogens with zero attached hydrogens (tertiary/aromatic N) is 4. The highest BCUT2D eigenvalue weighted by atomic mass is 19.1. The quantitative estimate of drug-likeness (QED) is 0.755. The lowest BCUT2D eigenvalue weighted by Crippen LogP contribution is -2.54. The van der Waals surface area contributed by atoms with Gasteiger partial charge in [0.05, 0.1) is 24.8 Å². The Morgan fingerprint density at radius 1 is 1.25 bits per heavy atom. The van der Waals surface area contributed by atoms with Crippen molar-refractivity contribution in [1.82, 2.24) is 20.0 Å². The fraction of sp³-hybridized carbons (Fsp3) is 0.455. The number of fused-ring (bicyclic) bond motifs is 1. The van der Waals surface area contributed by atoms with Crippen molar-refractivity contribution in [3.05, 3.63) is 59.1 Å². The molecule has 1 aromatic carbocycles. The highest BCUT2D eigenvalue weighted by Crippen LogP contribution is 2.42. The van der Waals surface area contributed by atoms with E-state index in [1.54, 1.807) is 9.58 Å². The van der Waals surface area contributed by atoms with Gasteiger partial charge in [0.1, 0.15) is 35.0 Å². The van der Waals surface area contributed by atoms with Gasteiger partial charge < -0.3 is 20.9 Å². The number of likely N-dealkylation sites (tertiary alicyclic amines) is 1. The van der Waals surface area contributed by atoms with Crippen LogP contribution in [-0.2, 0) is 6.54 Å². The lowest BCUT2D eigenvalue weighted by atomic mass is 10.00. The van der Waals surface area contributed by atoms with Gasteiger partial charge in [-0.2, -0.15) is 5.10 Å². The Labute approximate surface area is 183 Å². The van der Waals surface area contributed by atoms with Crippen molar-refractivity contribution in [3.8, 4) is 0 Å². The topological polar surface area (TPSA) is 79.4 Å². The van der Waals surface area contributed by atoms with Gasteiger partial charge in [-0.25, -0.2) is 17.9 Å². The van der Waals surface area contributed by atoms with Crippen LogP contribution >= 0.6 is 0 Å². The average molecular weight is 446 g/mol. The molecule has 0 unspecified atom stereocenters. The maximum atomic E-state index is 15.2. The van der Waals surface area contributed by atoms with Gasteiger partial charge >= 0.3 is 0 Å². The van der Waals surface area contributed by atoms with Gasteiger partial charge in [0.2, 0.25) is 0 Å². The zero-order chi connectivity index (χ0) is 22.4. The molecule has 10 heteroatoms. The van der Waals surface area contributed by atoms with Crippen molar-refractivity contribution in [3.63, 3.8) is 0 Å². The summed E-state index contributed by atoms with van der Waals surface area (Å²) in [5, 5.41) is 7.33. The second-order valence-corrected chi connectivity index (χ2v) is 8.45. The summed E-state index contributed by atoms with van der Waals surface area (Å²) < 4.78 is 45.4. The normalized spacial score (nSPS) is 25.6. The standard InChI is InChI=1S/C22H25F3N6O/c23-13-3-4-16(24)14(10-13)18-2-1-8-29(18)20-6-9-30-22(15(11-28-30)21(26)32)31(20)19-5-7-27-12-17(19)25/h3-4,6,10-11,17-19,27H,1-2,5,7-9,12H2,(H2,26,32)/t17-,18+,19+/m0/s1. The van der Waals surface area contributed by atoms with Crippen molar-refractivity contribution in [2.45, 2.75) is 44.1 Å². The SMILES string of the molecule is NC(=O)c1cnn2c1N([C@@H]1CCNC[C@@H]1F)C(N1CCC[C@@H]1c1cc(F)ccc1F)=CC2. The van der Waals surface area contributed by atoms with Crippen LogP contribution in [0, 0.1) is 11.6 Å². The van der Waals surface area contributed by atoms with Gasteiger partial charge in [-0.05, 0) is 50.1 Å². The van der Waals surface area contributed by atoms with Crippen LogP contribution in [0.2, 0.25) is 0 Å². The number of aromatic nitrogens is 2. The minimum atomic E-state index is -1.19. The molecule has 170 valence electrons. The molecule has 7 nitrogen and oxygen atoms in total. The predicted molar refractivity (Wildman–Crippen MR) is 113 cm³/mol. The van der Waals surface area contributed by atoms with E-state index in [0.29, 0.717) is 44.1 Å². The Morgan fingerprint density at radius 3 is 2.88 bits per heavy atom. The zero-order valence-electron chi connectivity index (χ0n) is 17.5. The first-order valence-electron chi connectivity index (χ1n) is 10.9. The van der Waals surface area contributed by atoms with E-state index in [1.165, 1.54) is 12.3 Å². The maximum absolute atomic E-state index is 15.2. The Hall–Kier alpha value is -3.01. The van der Waals surface area contributed by atoms with Crippen molar-refractivity contribution in [1.29, 1.82) is 0 Å². The first-order valence-corrected chi connectivity index (χ1v) is 10.9. The molecule has 3 aliphatic rings. The molecule has 3 atom stereocenters. The number of hydrogen-bond acceptors (Lipinski definition) is 5. The number of hydrogen-bond donors (Lipinski definition) is 2. The summed E-state index contributed by atoms with van der Waals surface area (Å²) in [5.74, 6) is -0.481. The number of alkyl halides is 1. The molecule has 0 saturated carbocycles. The molecule has 2 aromatic rings. The molecule has 0 bridgehead atoms. The molecule has 2 saturated heterocycles. The minimum absolute atomic E-state index is 0.191. The predicted octanol–water partition coefficient (Wildman–Crippen LogP) is 2.46. The number of piperidine rings is 1. The number of primary amides is 1. The first-order chi connectivity index (χ1) is 15.5. The molecule has 3 aliphatic heterocycles. The van der Waals surface area contributed by atoms with Gasteiger partial charge in [0, 0.05) is 18.7 Å². The third-order valence-electron chi connectivity index (χ3n) is 6.57. The van der Waals surface area contributed by atoms with Crippen LogP contribution in [0.15, 0.2) is 36.3 Å². The van der Waals surface area contributed by atoms with E-state index in [9.17, 15) is 13.6 Å². The second kappa shape index (κ2) is 8.16. The van der Waals surface area contributed by atoms with E-state index >= 15 is 4.39 Å². The molecule has 1 aromatic heterocycles. The lowest BCUT2D eigenvalue weighted by molar-refractivity contribution is 0.1000. The Kier molecular flexibility index (Phi) is 5.32. The molecule has 32 heavy (non-hydrogen) atoms. The molecule has 0 radical (unpaired) electrons. The molecule has 3 N–H and O–H groups in total. The molecule has 1 amide bonds. The van der Waals surface area contributed by atoms with E-state index in [1.807, 2.05) is 11.0 Å². The number of carbonyl (C=O) groups excluding carboxylic acids is 1. The summed E-state index contributed by atoms with van der Waals surface area (Å²) in [7, 11) is 0. The summed E-state index contributed by atoms with van der Waals surface area (Å²) in [5.41, 5.74) is 6.11. The molecule has 2 fully saturated rings. The minimum Gasteiger partial charge on any atom is -0.365 e. The molecular formula is C22H25F3N6O. The summed E-state index contributed by atoms with van der Waals surface area (Å²) in [6.07, 6.45) is 4.05. The molecular weight excluding hydrogens is 421 g/mol. The van der Waals surface area contributed by atoms with Crippen molar-refractivity contribution in [2.24, 2.45) is 5.73 Å². The monoisotopic (exact) mass is 446 g/mol. The lowest BCUT2D eigenvalue weighted by Gasteiger charge is -2.45. The number of allylic oxidation sites excluding steroid dienone is 1. The molecule has 0 aliphatic carbocycles. The summed E-state index contributed by atoms with van der Waals surface area (Å²) >= 11 is 0. The summed E-state index contributed by atoms with van der Waals surface area (Å²) in [6.45, 7) is 1.78. The highest BCUT2D eigenvalue weighted by Gasteiger charge is 2.42. The van der Waals surface area contributed by atoms with E-state index in [-0.39, 0.29) is 17.7 Å². The largest absolute Gasteiger partial charge is 0.365 e. The van der Waals surface area contributed by atoms with Crippen LogP contribution in [0.1, 0.15) is 41.2 Å². The van der Waals surface area contributed by atoms with Crippen molar-refractivity contribution < 1.29 is 18.0 Å². The zero-order valence-corrected chi connectivity index (χ0v) is 17.5. The fourth-order valence-corrected chi connectivity index (χ4v) is 5.13. The number of carbonyl (C=O) groups is 1. The van der Waals surface area contributed by atoms with Gasteiger partial charge in [-0.3, -0.25) is 4.79 Å². The number of nitrogens with two attached hydrogens (primary N) is 1. The highest BCUT2D eigenvalue weighted by molar-refractivity contribution is 5.98. The summed E-state index contributed by atoms with van der Waals surface area (Å²) in [4.78, 5) is 15.9. The van der Waals surface area contributed by atoms with E-state index in [2.05, 4.69) is 10.4 Å². The number of halogens is 3. The van der Waals surface area contributed by atoms with Crippen LogP contribution in [0.3, 0.4) is 0 Å². The molecule has 5 rings (SSSR count). The smallest absolute Gasteiger partial charge is 0.254 e. The second-order valence-electron chi connectivity index (χ2n) is 8.45. The maximum Gasteiger partial charge on any atom is 0.254 e. The van der Waals surface area contributed by atoms with E-state index in [0.717, 1.165) is 18.6 Å². The van der Waals surface area contributed by atoms with E-state index < -0.39 is 35.8 Å². The number of nitrogens with one attached hydrogen (secondary N) is 1. The van der Waals surface area contributed by atoms with Gasteiger partial charge in [0.25, 0.3) is 5.91 Å². The fourth-order valence-electron chi connectivity index (χ4n) is 5.13. The Bertz CT molecular complexity index is 1070. The number of anilines is 1. The third kappa shape index (κ3) is 3.42. The van der Waals surface area contributed by atoms with E-state index in [4.69, 9.17) is 5.73 Å². The third-order valence-corrected chi connectivity index (χ3v) is 6.57. The summed E-state index contributed by atoms with van der Waals surface area (Å²) in [6, 6.07) is 2.53. The molecule has 0 spiro atoms. The average Bonchev–Trinajstić information content (AvgIpc) is 3.42. The van der Waals surface area contributed by atoms with Crippen molar-refractivity contribution >= 4 is 11.7 Å². The van der Waals surface area contributed by atoms with Crippen molar-refractivity contribution in [2.75, 3.05) is 24.5 Å². The van der Waals surface area contributed by atoms with Crippen LogP contribution in [0.25, 0.3) is 0 Å². The van der Waals surface area contributed by atoms with Crippen LogP contribution in [0.5, 0.6) is 0 Å². The number of amides is 1. The Balaban J connectivity index is 1.59. The van der Waals surface area contributed by atoms with Crippen LogP contribution in [0.4, 0.5) is 19.0 Å². The molecule has 4 heterocycles. The first kappa shape index (κ1) is 20.9. The van der Waals surface area contributed by atoms with Gasteiger partial charge in [-0.15, -0.1) is 0 Å². The Morgan fingerprint density at radius 2 is 2.09 bits per heavy atom. The number of benzene rings is 1. The van der Waals surface area contributed by atoms with Gasteiger partial charge in [0.15, 0.2) is 0 Å². The number of rotatable bonds is 4. The van der Waals surface area contributed by atoms with Crippen LogP contribution < -0.4 is 16.0 Å². The van der Waals surface area contributed by atoms with Crippen LogP contribution in [-0.4, -0.2) is 52.4 Å². The van der Waals surface area contributed by atoms with Gasteiger partial charge in [-0.1, -0.05) is 0 Å².